The molecule has 0 saturated carbocycles. The van der Waals surface area contributed by atoms with Crippen molar-refractivity contribution >= 4 is 27.5 Å². The summed E-state index contributed by atoms with van der Waals surface area (Å²) in [5, 5.41) is 0.688. The Hall–Kier alpha value is -0.770. The first-order valence-electron chi connectivity index (χ1n) is 5.26. The first-order valence-corrected chi connectivity index (χ1v) is 6.43. The Kier molecular flexibility index (Phi) is 3.61. The van der Waals surface area contributed by atoms with E-state index in [4.69, 9.17) is 21.8 Å². The van der Waals surface area contributed by atoms with Gasteiger partial charge in [0.05, 0.1) is 6.04 Å². The average molecular weight is 315 g/mol. The van der Waals surface area contributed by atoms with Crippen LogP contribution in [0.3, 0.4) is 0 Å². The fourth-order valence-electron chi connectivity index (χ4n) is 1.88. The van der Waals surface area contributed by atoms with Crippen LogP contribution in [-0.4, -0.2) is 0 Å². The van der Waals surface area contributed by atoms with Crippen molar-refractivity contribution < 1.29 is 4.42 Å². The van der Waals surface area contributed by atoms with Gasteiger partial charge in [-0.2, -0.15) is 0 Å². The van der Waals surface area contributed by atoms with Crippen LogP contribution in [0.1, 0.15) is 28.7 Å². The predicted molar refractivity (Wildman–Crippen MR) is 73.4 cm³/mol. The number of nitrogens with two attached hydrogens (primary N) is 1. The molecule has 1 heterocycles. The molecule has 2 nitrogen and oxygen atoms in total. The van der Waals surface area contributed by atoms with Crippen LogP contribution in [0.2, 0.25) is 5.02 Å². The maximum absolute atomic E-state index is 6.25. The van der Waals surface area contributed by atoms with Crippen LogP contribution in [0.5, 0.6) is 0 Å². The SMILES string of the molecule is Cc1cc(C(N)c2ccc(Cl)cc2Br)c(C)o1. The van der Waals surface area contributed by atoms with Gasteiger partial charge in [-0.05, 0) is 37.6 Å². The van der Waals surface area contributed by atoms with Gasteiger partial charge in [-0.25, -0.2) is 0 Å². The van der Waals surface area contributed by atoms with Gasteiger partial charge in [-0.15, -0.1) is 0 Å². The van der Waals surface area contributed by atoms with Gasteiger partial charge in [0, 0.05) is 15.1 Å². The van der Waals surface area contributed by atoms with Crippen molar-refractivity contribution in [1.82, 2.24) is 0 Å². The monoisotopic (exact) mass is 313 g/mol. The number of hydrogen-bond donors (Lipinski definition) is 1. The van der Waals surface area contributed by atoms with Crippen LogP contribution < -0.4 is 5.73 Å². The number of halogens is 2. The molecule has 4 heteroatoms. The van der Waals surface area contributed by atoms with Crippen molar-refractivity contribution in [3.63, 3.8) is 0 Å². The van der Waals surface area contributed by atoms with Gasteiger partial charge < -0.3 is 10.2 Å². The Morgan fingerprint density at radius 1 is 1.24 bits per heavy atom. The molecule has 0 spiro atoms. The molecule has 0 saturated heterocycles. The molecular formula is C13H13BrClNO. The third kappa shape index (κ3) is 2.57. The summed E-state index contributed by atoms with van der Waals surface area (Å²) >= 11 is 9.39. The van der Waals surface area contributed by atoms with E-state index in [9.17, 15) is 0 Å². The summed E-state index contributed by atoms with van der Waals surface area (Å²) < 4.78 is 6.41. The number of rotatable bonds is 2. The zero-order valence-corrected chi connectivity index (χ0v) is 12.0. The Morgan fingerprint density at radius 2 is 1.94 bits per heavy atom. The van der Waals surface area contributed by atoms with Crippen LogP contribution in [-0.2, 0) is 0 Å². The predicted octanol–water partition coefficient (Wildman–Crippen LogP) is 4.36. The van der Waals surface area contributed by atoms with Crippen molar-refractivity contribution in [3.8, 4) is 0 Å². The van der Waals surface area contributed by atoms with Gasteiger partial charge in [0.2, 0.25) is 0 Å². The standard InChI is InChI=1S/C13H13BrClNO/c1-7-5-11(8(2)17-7)13(16)10-4-3-9(15)6-12(10)14/h3-6,13H,16H2,1-2H3. The first kappa shape index (κ1) is 12.7. The molecule has 0 aliphatic carbocycles. The number of benzene rings is 1. The molecule has 2 aromatic rings. The number of aryl methyl sites for hydroxylation is 2. The minimum absolute atomic E-state index is 0.209. The third-order valence-electron chi connectivity index (χ3n) is 2.71. The molecule has 17 heavy (non-hydrogen) atoms. The molecule has 1 unspecified atom stereocenters. The van der Waals surface area contributed by atoms with Crippen molar-refractivity contribution in [2.75, 3.05) is 0 Å². The Bertz CT molecular complexity index is 550. The van der Waals surface area contributed by atoms with Gasteiger partial charge in [-0.1, -0.05) is 33.6 Å². The number of furan rings is 1. The van der Waals surface area contributed by atoms with E-state index in [2.05, 4.69) is 15.9 Å². The summed E-state index contributed by atoms with van der Waals surface area (Å²) in [6.07, 6.45) is 0. The minimum atomic E-state index is -0.209. The largest absolute Gasteiger partial charge is 0.466 e. The quantitative estimate of drug-likeness (QED) is 0.894. The van der Waals surface area contributed by atoms with E-state index >= 15 is 0 Å². The lowest BCUT2D eigenvalue weighted by Gasteiger charge is -2.13. The van der Waals surface area contributed by atoms with E-state index in [0.29, 0.717) is 5.02 Å². The lowest BCUT2D eigenvalue weighted by molar-refractivity contribution is 0.499. The maximum atomic E-state index is 6.25. The molecule has 1 atom stereocenters. The highest BCUT2D eigenvalue weighted by Crippen LogP contribution is 2.31. The maximum Gasteiger partial charge on any atom is 0.106 e. The summed E-state index contributed by atoms with van der Waals surface area (Å²) in [5.74, 6) is 1.73. The normalized spacial score (nSPS) is 12.8. The van der Waals surface area contributed by atoms with Gasteiger partial charge in [-0.3, -0.25) is 0 Å². The molecule has 0 aliphatic rings. The summed E-state index contributed by atoms with van der Waals surface area (Å²) in [6, 6.07) is 7.38. The molecule has 2 N–H and O–H groups in total. The molecule has 2 rings (SSSR count). The van der Waals surface area contributed by atoms with E-state index < -0.39 is 0 Å². The van der Waals surface area contributed by atoms with Crippen LogP contribution in [0.15, 0.2) is 33.2 Å². The lowest BCUT2D eigenvalue weighted by Crippen LogP contribution is -2.12. The van der Waals surface area contributed by atoms with E-state index in [1.165, 1.54) is 0 Å². The Morgan fingerprint density at radius 3 is 2.47 bits per heavy atom. The zero-order chi connectivity index (χ0) is 12.6. The fraction of sp³-hybridized carbons (Fsp3) is 0.231. The van der Waals surface area contributed by atoms with Crippen LogP contribution in [0, 0.1) is 13.8 Å². The van der Waals surface area contributed by atoms with Gasteiger partial charge in [0.15, 0.2) is 0 Å². The highest BCUT2D eigenvalue weighted by Gasteiger charge is 2.17. The van der Waals surface area contributed by atoms with Gasteiger partial charge in [0.25, 0.3) is 0 Å². The molecule has 0 fully saturated rings. The van der Waals surface area contributed by atoms with Crippen LogP contribution in [0.25, 0.3) is 0 Å². The molecular weight excluding hydrogens is 302 g/mol. The van der Waals surface area contributed by atoms with Crippen molar-refractivity contribution in [2.45, 2.75) is 19.9 Å². The Labute approximate surface area is 114 Å². The fourth-order valence-corrected chi connectivity index (χ4v) is 2.81. The summed E-state index contributed by atoms with van der Waals surface area (Å²) in [4.78, 5) is 0. The van der Waals surface area contributed by atoms with Crippen molar-refractivity contribution in [1.29, 1.82) is 0 Å². The second-order valence-corrected chi connectivity index (χ2v) is 5.30. The molecule has 0 amide bonds. The molecule has 90 valence electrons. The highest BCUT2D eigenvalue weighted by molar-refractivity contribution is 9.10. The number of hydrogen-bond acceptors (Lipinski definition) is 2. The summed E-state index contributed by atoms with van der Waals surface area (Å²) in [7, 11) is 0. The summed E-state index contributed by atoms with van der Waals surface area (Å²) in [6.45, 7) is 3.84. The smallest absolute Gasteiger partial charge is 0.106 e. The molecule has 0 aliphatic heterocycles. The van der Waals surface area contributed by atoms with E-state index in [1.54, 1.807) is 0 Å². The van der Waals surface area contributed by atoms with Crippen LogP contribution >= 0.6 is 27.5 Å². The molecule has 1 aromatic carbocycles. The molecule has 0 radical (unpaired) electrons. The van der Waals surface area contributed by atoms with Crippen molar-refractivity contribution in [3.05, 3.63) is 56.4 Å². The summed E-state index contributed by atoms with van der Waals surface area (Å²) in [5.41, 5.74) is 8.25. The minimum Gasteiger partial charge on any atom is -0.466 e. The van der Waals surface area contributed by atoms with E-state index in [0.717, 1.165) is 27.1 Å². The third-order valence-corrected chi connectivity index (χ3v) is 3.63. The van der Waals surface area contributed by atoms with E-state index in [-0.39, 0.29) is 6.04 Å². The van der Waals surface area contributed by atoms with Crippen molar-refractivity contribution in [2.24, 2.45) is 5.73 Å². The topological polar surface area (TPSA) is 39.2 Å². The highest BCUT2D eigenvalue weighted by atomic mass is 79.9. The molecule has 0 bridgehead atoms. The Balaban J connectivity index is 2.43. The second-order valence-electron chi connectivity index (χ2n) is 4.01. The average Bonchev–Trinajstić information content (AvgIpc) is 2.57. The lowest BCUT2D eigenvalue weighted by atomic mass is 10.00. The second kappa shape index (κ2) is 4.84. The molecule has 1 aromatic heterocycles. The van der Waals surface area contributed by atoms with E-state index in [1.807, 2.05) is 38.1 Å². The van der Waals surface area contributed by atoms with Gasteiger partial charge in [0.1, 0.15) is 11.5 Å². The first-order chi connectivity index (χ1) is 7.99. The van der Waals surface area contributed by atoms with Gasteiger partial charge >= 0.3 is 0 Å². The van der Waals surface area contributed by atoms with Crippen LogP contribution in [0.4, 0.5) is 0 Å². The zero-order valence-electron chi connectivity index (χ0n) is 9.63.